The summed E-state index contributed by atoms with van der Waals surface area (Å²) in [5.74, 6) is 0.616. The van der Waals surface area contributed by atoms with Crippen molar-refractivity contribution in [2.45, 2.75) is 32.8 Å². The highest BCUT2D eigenvalue weighted by Gasteiger charge is 2.19. The molecule has 0 bridgehead atoms. The predicted molar refractivity (Wildman–Crippen MR) is 78.5 cm³/mol. The summed E-state index contributed by atoms with van der Waals surface area (Å²) >= 11 is 0. The molecule has 1 fully saturated rings. The maximum Gasteiger partial charge on any atom is 0.216 e. The third kappa shape index (κ3) is 3.93. The molecule has 5 heteroatoms. The summed E-state index contributed by atoms with van der Waals surface area (Å²) in [5, 5.41) is 12.3. The number of piperidine rings is 1. The molecule has 2 N–H and O–H groups in total. The summed E-state index contributed by atoms with van der Waals surface area (Å²) in [7, 11) is 0. The van der Waals surface area contributed by atoms with Gasteiger partial charge in [-0.25, -0.2) is 0 Å². The molecule has 0 spiro atoms. The van der Waals surface area contributed by atoms with E-state index in [0.29, 0.717) is 11.6 Å². The Bertz CT molecular complexity index is 437. The second-order valence-electron chi connectivity index (χ2n) is 5.48. The number of pyridine rings is 1. The maximum absolute atomic E-state index is 10.9. The number of carbonyl (C=O) groups is 1. The van der Waals surface area contributed by atoms with Crippen molar-refractivity contribution in [3.63, 3.8) is 0 Å². The molecule has 20 heavy (non-hydrogen) atoms. The van der Waals surface area contributed by atoms with Crippen LogP contribution in [-0.4, -0.2) is 35.6 Å². The number of rotatable bonds is 4. The van der Waals surface area contributed by atoms with Crippen LogP contribution in [0.25, 0.3) is 0 Å². The molecule has 1 aliphatic heterocycles. The minimum absolute atomic E-state index is 0.0466. The molecule has 1 atom stereocenters. The highest BCUT2D eigenvalue weighted by molar-refractivity contribution is 5.72. The van der Waals surface area contributed by atoms with E-state index in [1.54, 1.807) is 13.8 Å². The molecule has 110 valence electrons. The van der Waals surface area contributed by atoms with Crippen molar-refractivity contribution in [1.29, 1.82) is 0 Å². The quantitative estimate of drug-likeness (QED) is 0.875. The number of nitrogens with one attached hydrogen (secondary N) is 1. The number of aliphatic hydroxyl groups is 1. The van der Waals surface area contributed by atoms with Crippen LogP contribution in [0, 0.1) is 5.92 Å². The highest BCUT2D eigenvalue weighted by Crippen LogP contribution is 2.23. The fourth-order valence-electron chi connectivity index (χ4n) is 2.52. The van der Waals surface area contributed by atoms with E-state index in [0.717, 1.165) is 38.2 Å². The van der Waals surface area contributed by atoms with Crippen molar-refractivity contribution in [3.05, 3.63) is 24.0 Å². The van der Waals surface area contributed by atoms with Gasteiger partial charge in [0.15, 0.2) is 0 Å². The fraction of sp³-hybridized carbons (Fsp3) is 0.600. The fourth-order valence-corrected chi connectivity index (χ4v) is 2.52. The molecule has 2 rings (SSSR count). The number of hydrogen-bond donors (Lipinski definition) is 2. The predicted octanol–water partition coefficient (Wildman–Crippen LogP) is 1.49. The monoisotopic (exact) mass is 277 g/mol. The van der Waals surface area contributed by atoms with E-state index < -0.39 is 6.10 Å². The zero-order valence-corrected chi connectivity index (χ0v) is 12.2. The van der Waals surface area contributed by atoms with Crippen molar-refractivity contribution in [2.24, 2.45) is 5.92 Å². The number of nitrogens with zero attached hydrogens (tertiary/aromatic N) is 2. The van der Waals surface area contributed by atoms with E-state index in [4.69, 9.17) is 0 Å². The lowest BCUT2D eigenvalue weighted by atomic mass is 9.96. The first-order valence-corrected chi connectivity index (χ1v) is 7.19. The number of aromatic nitrogens is 1. The molecule has 0 aromatic carbocycles. The van der Waals surface area contributed by atoms with Crippen LogP contribution in [0.15, 0.2) is 18.3 Å². The van der Waals surface area contributed by atoms with Crippen LogP contribution in [0.4, 0.5) is 5.69 Å². The Morgan fingerprint density at radius 3 is 2.70 bits per heavy atom. The van der Waals surface area contributed by atoms with Crippen molar-refractivity contribution >= 4 is 11.6 Å². The second-order valence-corrected chi connectivity index (χ2v) is 5.48. The molecule has 0 saturated carbocycles. The molecule has 0 aliphatic carbocycles. The van der Waals surface area contributed by atoms with Crippen molar-refractivity contribution in [3.8, 4) is 0 Å². The van der Waals surface area contributed by atoms with E-state index in [9.17, 15) is 9.90 Å². The molecule has 2 heterocycles. The van der Waals surface area contributed by atoms with E-state index in [2.05, 4.69) is 15.2 Å². The van der Waals surface area contributed by atoms with Gasteiger partial charge in [-0.2, -0.15) is 0 Å². The zero-order valence-electron chi connectivity index (χ0n) is 12.2. The average molecular weight is 277 g/mol. The van der Waals surface area contributed by atoms with Crippen LogP contribution in [-0.2, 0) is 4.79 Å². The Morgan fingerprint density at radius 1 is 1.50 bits per heavy atom. The van der Waals surface area contributed by atoms with Gasteiger partial charge in [0.05, 0.1) is 23.7 Å². The van der Waals surface area contributed by atoms with Crippen LogP contribution in [0.1, 0.15) is 38.5 Å². The second kappa shape index (κ2) is 6.70. The first kappa shape index (κ1) is 14.8. The Balaban J connectivity index is 1.85. The Morgan fingerprint density at radius 2 is 2.20 bits per heavy atom. The van der Waals surface area contributed by atoms with Gasteiger partial charge in [0.1, 0.15) is 0 Å². The summed E-state index contributed by atoms with van der Waals surface area (Å²) in [6.45, 7) is 6.03. The number of carbonyl (C=O) groups excluding carboxylic acids is 1. The standard InChI is InChI=1S/C15H23N3O2/c1-11(19)15-4-3-14(10-17-15)18-7-5-13(6-8-18)9-16-12(2)20/h3-4,10-11,13,19H,5-9H2,1-2H3,(H,16,20)/t11-/m1/s1. The SMILES string of the molecule is CC(=O)NCC1CCN(c2ccc([C@@H](C)O)nc2)CC1. The van der Waals surface area contributed by atoms with E-state index in [1.807, 2.05) is 18.3 Å². The molecular formula is C15H23N3O2. The van der Waals surface area contributed by atoms with Gasteiger partial charge in [0.2, 0.25) is 5.91 Å². The smallest absolute Gasteiger partial charge is 0.216 e. The van der Waals surface area contributed by atoms with Gasteiger partial charge in [-0.3, -0.25) is 9.78 Å². The zero-order chi connectivity index (χ0) is 14.5. The third-order valence-corrected chi connectivity index (χ3v) is 3.82. The van der Waals surface area contributed by atoms with Crippen LogP contribution in [0.5, 0.6) is 0 Å². The van der Waals surface area contributed by atoms with E-state index in [1.165, 1.54) is 0 Å². The van der Waals surface area contributed by atoms with Crippen LogP contribution < -0.4 is 10.2 Å². The summed E-state index contributed by atoms with van der Waals surface area (Å²) < 4.78 is 0. The highest BCUT2D eigenvalue weighted by atomic mass is 16.3. The Hall–Kier alpha value is -1.62. The minimum atomic E-state index is -0.521. The molecule has 1 aromatic rings. The van der Waals surface area contributed by atoms with Crippen molar-refractivity contribution < 1.29 is 9.90 Å². The Labute approximate surface area is 120 Å². The summed E-state index contributed by atoms with van der Waals surface area (Å²) in [4.78, 5) is 17.5. The van der Waals surface area contributed by atoms with Gasteiger partial charge in [-0.05, 0) is 37.8 Å². The van der Waals surface area contributed by atoms with Crippen LogP contribution in [0.2, 0.25) is 0 Å². The van der Waals surface area contributed by atoms with Crippen LogP contribution >= 0.6 is 0 Å². The number of aliphatic hydroxyl groups excluding tert-OH is 1. The molecule has 1 aliphatic rings. The molecule has 1 aromatic heterocycles. The first-order chi connectivity index (χ1) is 9.56. The largest absolute Gasteiger partial charge is 0.387 e. The van der Waals surface area contributed by atoms with Gasteiger partial charge in [0.25, 0.3) is 0 Å². The molecule has 1 saturated heterocycles. The lowest BCUT2D eigenvalue weighted by Gasteiger charge is -2.33. The summed E-state index contributed by atoms with van der Waals surface area (Å²) in [6, 6.07) is 3.90. The molecule has 0 radical (unpaired) electrons. The van der Waals surface area contributed by atoms with Crippen molar-refractivity contribution in [1.82, 2.24) is 10.3 Å². The summed E-state index contributed by atoms with van der Waals surface area (Å²) in [6.07, 6.45) is 3.47. The number of anilines is 1. The average Bonchev–Trinajstić information content (AvgIpc) is 2.46. The topological polar surface area (TPSA) is 65.5 Å². The van der Waals surface area contributed by atoms with Gasteiger partial charge in [-0.15, -0.1) is 0 Å². The maximum atomic E-state index is 10.9. The summed E-state index contributed by atoms with van der Waals surface area (Å²) in [5.41, 5.74) is 1.81. The molecule has 0 unspecified atom stereocenters. The van der Waals surface area contributed by atoms with Gasteiger partial charge >= 0.3 is 0 Å². The minimum Gasteiger partial charge on any atom is -0.387 e. The number of amides is 1. The lowest BCUT2D eigenvalue weighted by molar-refractivity contribution is -0.119. The van der Waals surface area contributed by atoms with Gasteiger partial charge in [-0.1, -0.05) is 0 Å². The molecule has 5 nitrogen and oxygen atoms in total. The molecular weight excluding hydrogens is 254 g/mol. The normalized spacial score (nSPS) is 17.9. The van der Waals surface area contributed by atoms with E-state index >= 15 is 0 Å². The first-order valence-electron chi connectivity index (χ1n) is 7.19. The molecule has 1 amide bonds. The van der Waals surface area contributed by atoms with Crippen molar-refractivity contribution in [2.75, 3.05) is 24.5 Å². The number of hydrogen-bond acceptors (Lipinski definition) is 4. The lowest BCUT2D eigenvalue weighted by Crippen LogP contribution is -2.38. The van der Waals surface area contributed by atoms with E-state index in [-0.39, 0.29) is 5.91 Å². The van der Waals surface area contributed by atoms with Crippen LogP contribution in [0.3, 0.4) is 0 Å². The Kier molecular flexibility index (Phi) is 4.95. The van der Waals surface area contributed by atoms with Gasteiger partial charge < -0.3 is 15.3 Å². The van der Waals surface area contributed by atoms with Gasteiger partial charge in [0, 0.05) is 26.6 Å². The third-order valence-electron chi connectivity index (χ3n) is 3.82.